The maximum atomic E-state index is 13.9. The first-order chi connectivity index (χ1) is 11.0. The van der Waals surface area contributed by atoms with Gasteiger partial charge in [-0.25, -0.2) is 9.38 Å². The van der Waals surface area contributed by atoms with Crippen molar-refractivity contribution in [3.63, 3.8) is 0 Å². The zero-order valence-electron chi connectivity index (χ0n) is 12.6. The Labute approximate surface area is 138 Å². The molecule has 124 valence electrons. The minimum absolute atomic E-state index is 0.0733. The van der Waals surface area contributed by atoms with Crippen LogP contribution in [-0.2, 0) is 10.6 Å². The van der Waals surface area contributed by atoms with E-state index in [0.29, 0.717) is 13.0 Å². The van der Waals surface area contributed by atoms with Crippen molar-refractivity contribution in [3.8, 4) is 0 Å². The van der Waals surface area contributed by atoms with Crippen LogP contribution in [0.3, 0.4) is 0 Å². The molecule has 0 spiro atoms. The highest BCUT2D eigenvalue weighted by molar-refractivity contribution is 7.78. The molecule has 1 aliphatic heterocycles. The summed E-state index contributed by atoms with van der Waals surface area (Å²) >= 11 is 4.53. The standard InChI is InChI=1S/C14H18FN5O2S/c1-19-14(22,11-5-2-3-6-12(11)15)16-9-20(19)8-4-7-13(21)18-17-10-23/h2-3,5-6,9-10,22H,4,7-8H2,1H3,(H,17,23)(H,18,21). The topological polar surface area (TPSA) is 80.2 Å². The Morgan fingerprint density at radius 3 is 2.96 bits per heavy atom. The number of hydrogen-bond acceptors (Lipinski definition) is 6. The Morgan fingerprint density at radius 2 is 2.26 bits per heavy atom. The second-order valence-corrected chi connectivity index (χ2v) is 5.20. The summed E-state index contributed by atoms with van der Waals surface area (Å²) in [5, 5.41) is 13.7. The van der Waals surface area contributed by atoms with Crippen LogP contribution in [0.5, 0.6) is 0 Å². The third-order valence-electron chi connectivity index (χ3n) is 3.50. The van der Waals surface area contributed by atoms with E-state index in [2.05, 4.69) is 28.1 Å². The van der Waals surface area contributed by atoms with E-state index in [1.54, 1.807) is 24.2 Å². The van der Waals surface area contributed by atoms with E-state index in [9.17, 15) is 14.3 Å². The number of halogens is 1. The van der Waals surface area contributed by atoms with E-state index in [-0.39, 0.29) is 17.9 Å². The van der Waals surface area contributed by atoms with Gasteiger partial charge in [-0.3, -0.25) is 20.7 Å². The summed E-state index contributed by atoms with van der Waals surface area (Å²) in [4.78, 5) is 15.5. The smallest absolute Gasteiger partial charge is 0.264 e. The summed E-state index contributed by atoms with van der Waals surface area (Å²) in [6.07, 6.45) is 2.22. The summed E-state index contributed by atoms with van der Waals surface area (Å²) in [6.45, 7) is 0.446. The fraction of sp³-hybridized carbons (Fsp3) is 0.357. The van der Waals surface area contributed by atoms with Crippen molar-refractivity contribution >= 4 is 30.0 Å². The zero-order chi connectivity index (χ0) is 16.9. The minimum atomic E-state index is -1.79. The van der Waals surface area contributed by atoms with Crippen LogP contribution in [0.25, 0.3) is 0 Å². The van der Waals surface area contributed by atoms with Gasteiger partial charge in [-0.2, -0.15) is 5.01 Å². The first kappa shape index (κ1) is 17.3. The van der Waals surface area contributed by atoms with Crippen LogP contribution >= 0.6 is 12.2 Å². The van der Waals surface area contributed by atoms with Crippen LogP contribution in [0.2, 0.25) is 0 Å². The quantitative estimate of drug-likeness (QED) is 0.495. The van der Waals surface area contributed by atoms with E-state index in [4.69, 9.17) is 0 Å². The number of hydrogen-bond donors (Lipinski definition) is 3. The lowest BCUT2D eigenvalue weighted by Gasteiger charge is -2.34. The van der Waals surface area contributed by atoms with Gasteiger partial charge in [0.25, 0.3) is 5.85 Å². The summed E-state index contributed by atoms with van der Waals surface area (Å²) in [6, 6.07) is 5.94. The Kier molecular flexibility index (Phi) is 5.59. The summed E-state index contributed by atoms with van der Waals surface area (Å²) < 4.78 is 13.9. The van der Waals surface area contributed by atoms with Gasteiger partial charge in [0, 0.05) is 20.0 Å². The molecule has 0 aliphatic carbocycles. The minimum Gasteiger partial charge on any atom is -0.352 e. The van der Waals surface area contributed by atoms with Gasteiger partial charge in [0.15, 0.2) is 0 Å². The molecule has 3 N–H and O–H groups in total. The zero-order valence-corrected chi connectivity index (χ0v) is 13.4. The molecule has 7 nitrogen and oxygen atoms in total. The normalized spacial score (nSPS) is 20.6. The van der Waals surface area contributed by atoms with Crippen LogP contribution in [-0.4, -0.2) is 46.5 Å². The van der Waals surface area contributed by atoms with E-state index in [0.717, 1.165) is 0 Å². The molecule has 1 aliphatic rings. The molecule has 0 bridgehead atoms. The van der Waals surface area contributed by atoms with Gasteiger partial charge in [0.1, 0.15) is 12.2 Å². The van der Waals surface area contributed by atoms with Crippen molar-refractivity contribution in [2.75, 3.05) is 13.6 Å². The highest BCUT2D eigenvalue weighted by Gasteiger charge is 2.42. The molecule has 1 unspecified atom stereocenters. The van der Waals surface area contributed by atoms with Gasteiger partial charge in [-0.1, -0.05) is 24.4 Å². The van der Waals surface area contributed by atoms with Gasteiger partial charge in [-0.05, 0) is 18.6 Å². The number of benzene rings is 1. The Bertz CT molecular complexity index is 615. The third-order valence-corrected chi connectivity index (χ3v) is 3.62. The molecule has 0 saturated heterocycles. The molecule has 0 aromatic heterocycles. The first-order valence-corrected chi connectivity index (χ1v) is 7.47. The fourth-order valence-electron chi connectivity index (χ4n) is 2.25. The number of carbonyl (C=O) groups excluding carboxylic acids is 1. The first-order valence-electron chi connectivity index (χ1n) is 7.00. The number of aliphatic hydroxyl groups is 1. The lowest BCUT2D eigenvalue weighted by molar-refractivity contribution is -0.155. The number of rotatable bonds is 7. The van der Waals surface area contributed by atoms with E-state index >= 15 is 0 Å². The Hall–Kier alpha value is -2.10. The number of thiocarbonyl (C=S) groups is 1. The van der Waals surface area contributed by atoms with Gasteiger partial charge < -0.3 is 5.11 Å². The average Bonchev–Trinajstić information content (AvgIpc) is 2.82. The highest BCUT2D eigenvalue weighted by atomic mass is 32.1. The van der Waals surface area contributed by atoms with Crippen molar-refractivity contribution < 1.29 is 14.3 Å². The molecule has 0 saturated carbocycles. The monoisotopic (exact) mass is 339 g/mol. The predicted octanol–water partition coefficient (Wildman–Crippen LogP) is 0.477. The lowest BCUT2D eigenvalue weighted by Crippen LogP contribution is -2.47. The maximum absolute atomic E-state index is 13.9. The Balaban J connectivity index is 1.93. The molecule has 23 heavy (non-hydrogen) atoms. The van der Waals surface area contributed by atoms with Crippen molar-refractivity contribution in [3.05, 3.63) is 35.6 Å². The third kappa shape index (κ3) is 3.81. The molecule has 1 amide bonds. The van der Waals surface area contributed by atoms with Crippen LogP contribution in [0.15, 0.2) is 29.3 Å². The molecule has 1 aromatic rings. The maximum Gasteiger partial charge on any atom is 0.264 e. The molecular weight excluding hydrogens is 321 g/mol. The van der Waals surface area contributed by atoms with Crippen molar-refractivity contribution in [1.29, 1.82) is 0 Å². The molecule has 0 fully saturated rings. The van der Waals surface area contributed by atoms with Gasteiger partial charge in [0.05, 0.1) is 11.1 Å². The SMILES string of the molecule is CN1N(CCCC(=O)NNC=S)C=NC1(O)c1ccccc1F. The van der Waals surface area contributed by atoms with E-state index < -0.39 is 11.7 Å². The largest absolute Gasteiger partial charge is 0.352 e. The number of hydrazine groups is 2. The van der Waals surface area contributed by atoms with Crippen molar-refractivity contribution in [2.45, 2.75) is 18.7 Å². The van der Waals surface area contributed by atoms with E-state index in [1.807, 2.05) is 0 Å². The number of amides is 1. The summed E-state index contributed by atoms with van der Waals surface area (Å²) in [5.41, 5.74) is 6.11. The lowest BCUT2D eigenvalue weighted by atomic mass is 10.1. The van der Waals surface area contributed by atoms with Crippen LogP contribution in [0.4, 0.5) is 4.39 Å². The molecule has 9 heteroatoms. The predicted molar refractivity (Wildman–Crippen MR) is 87.4 cm³/mol. The second kappa shape index (κ2) is 7.44. The molecule has 1 aromatic carbocycles. The van der Waals surface area contributed by atoms with Crippen molar-refractivity contribution in [2.24, 2.45) is 4.99 Å². The number of carbonyl (C=O) groups is 1. The van der Waals surface area contributed by atoms with E-state index in [1.165, 1.54) is 29.0 Å². The second-order valence-electron chi connectivity index (χ2n) is 4.96. The van der Waals surface area contributed by atoms with Crippen LogP contribution < -0.4 is 10.9 Å². The molecule has 1 atom stereocenters. The van der Waals surface area contributed by atoms with Gasteiger partial charge in [0.2, 0.25) is 5.91 Å². The molecule has 1 heterocycles. The van der Waals surface area contributed by atoms with Gasteiger partial charge in [-0.15, -0.1) is 0 Å². The van der Waals surface area contributed by atoms with Crippen LogP contribution in [0, 0.1) is 5.82 Å². The fourth-order valence-corrected chi connectivity index (χ4v) is 2.31. The number of nitrogens with zero attached hydrogens (tertiary/aromatic N) is 3. The highest BCUT2D eigenvalue weighted by Crippen LogP contribution is 2.32. The number of aliphatic imine (C=N–C) groups is 1. The van der Waals surface area contributed by atoms with Gasteiger partial charge >= 0.3 is 0 Å². The molecule has 2 rings (SSSR count). The van der Waals surface area contributed by atoms with Crippen molar-refractivity contribution in [1.82, 2.24) is 20.9 Å². The molecule has 0 radical (unpaired) electrons. The Morgan fingerprint density at radius 1 is 1.52 bits per heavy atom. The molecular formula is C14H18FN5O2S. The average molecular weight is 339 g/mol. The van der Waals surface area contributed by atoms with Crippen LogP contribution in [0.1, 0.15) is 18.4 Å². The summed E-state index contributed by atoms with van der Waals surface area (Å²) in [5.74, 6) is -2.52. The number of nitrogens with one attached hydrogen (secondary N) is 2. The summed E-state index contributed by atoms with van der Waals surface area (Å²) in [7, 11) is 1.60.